The normalized spacial score (nSPS) is 18.6. The Kier molecular flexibility index (Phi) is 5.86. The number of amides is 2. The molecule has 1 aliphatic heterocycles. The summed E-state index contributed by atoms with van der Waals surface area (Å²) in [7, 11) is 0. The van der Waals surface area contributed by atoms with Gasteiger partial charge < -0.3 is 14.5 Å². The van der Waals surface area contributed by atoms with Crippen LogP contribution in [0.5, 0.6) is 0 Å². The summed E-state index contributed by atoms with van der Waals surface area (Å²) in [6.45, 7) is 6.77. The molecule has 1 saturated heterocycles. The molecule has 0 unspecified atom stereocenters. The standard InChI is InChI=1S/C26H33FN4O3/c1-26(2,3)34-25(33)29-15-13-19(14-16-29)30(18-11-12-18)24(32)23-21-5-4-6-22(21)31(28-23)20-9-7-17(27)8-10-20/h7-10,18-19H,4-6,11-16H2,1-3H3. The third-order valence-corrected chi connectivity index (χ3v) is 6.89. The van der Waals surface area contributed by atoms with Crippen LogP contribution in [-0.4, -0.2) is 62.4 Å². The first-order valence-electron chi connectivity index (χ1n) is 12.4. The highest BCUT2D eigenvalue weighted by atomic mass is 19.1. The Labute approximate surface area is 199 Å². The molecule has 2 fully saturated rings. The van der Waals surface area contributed by atoms with Gasteiger partial charge in [0.05, 0.1) is 5.69 Å². The smallest absolute Gasteiger partial charge is 0.410 e. The van der Waals surface area contributed by atoms with Gasteiger partial charge >= 0.3 is 6.09 Å². The van der Waals surface area contributed by atoms with Crippen molar-refractivity contribution in [3.8, 4) is 5.69 Å². The highest BCUT2D eigenvalue weighted by molar-refractivity contribution is 5.95. The molecule has 1 aromatic carbocycles. The van der Waals surface area contributed by atoms with Gasteiger partial charge in [0.2, 0.25) is 0 Å². The van der Waals surface area contributed by atoms with E-state index >= 15 is 0 Å². The molecular weight excluding hydrogens is 435 g/mol. The number of nitrogens with zero attached hydrogens (tertiary/aromatic N) is 4. The van der Waals surface area contributed by atoms with Crippen molar-refractivity contribution in [3.63, 3.8) is 0 Å². The molecule has 3 aliphatic rings. The van der Waals surface area contributed by atoms with Crippen molar-refractivity contribution in [3.05, 3.63) is 47.0 Å². The Bertz CT molecular complexity index is 1080. The molecule has 2 aromatic rings. The van der Waals surface area contributed by atoms with Crippen molar-refractivity contribution in [1.82, 2.24) is 19.6 Å². The average molecular weight is 469 g/mol. The Morgan fingerprint density at radius 3 is 2.29 bits per heavy atom. The molecule has 0 atom stereocenters. The highest BCUT2D eigenvalue weighted by Gasteiger charge is 2.42. The molecule has 0 spiro atoms. The molecule has 2 heterocycles. The SMILES string of the molecule is CC(C)(C)OC(=O)N1CCC(N(C(=O)c2nn(-c3ccc(F)cc3)c3c2CCC3)C2CC2)CC1. The van der Waals surface area contributed by atoms with Gasteiger partial charge in [-0.3, -0.25) is 4.79 Å². The molecule has 182 valence electrons. The molecule has 0 radical (unpaired) electrons. The Hall–Kier alpha value is -2.90. The number of aromatic nitrogens is 2. The maximum absolute atomic E-state index is 13.9. The van der Waals surface area contributed by atoms with Crippen molar-refractivity contribution in [2.24, 2.45) is 0 Å². The van der Waals surface area contributed by atoms with Crippen molar-refractivity contribution in [1.29, 1.82) is 0 Å². The number of benzene rings is 1. The fraction of sp³-hybridized carbons (Fsp3) is 0.577. The monoisotopic (exact) mass is 468 g/mol. The van der Waals surface area contributed by atoms with Gasteiger partial charge in [0.15, 0.2) is 5.69 Å². The van der Waals surface area contributed by atoms with Crippen molar-refractivity contribution >= 4 is 12.0 Å². The zero-order valence-corrected chi connectivity index (χ0v) is 20.2. The third-order valence-electron chi connectivity index (χ3n) is 6.89. The summed E-state index contributed by atoms with van der Waals surface area (Å²) in [6.07, 6.45) is 5.92. The Morgan fingerprint density at radius 2 is 1.68 bits per heavy atom. The third kappa shape index (κ3) is 4.55. The minimum atomic E-state index is -0.520. The van der Waals surface area contributed by atoms with Crippen LogP contribution in [0, 0.1) is 5.82 Å². The molecule has 5 rings (SSSR count). The van der Waals surface area contributed by atoms with Gasteiger partial charge in [-0.2, -0.15) is 5.10 Å². The minimum Gasteiger partial charge on any atom is -0.444 e. The van der Waals surface area contributed by atoms with Crippen LogP contribution in [0.1, 0.15) is 74.6 Å². The van der Waals surface area contributed by atoms with E-state index in [0.29, 0.717) is 18.8 Å². The molecule has 0 N–H and O–H groups in total. The summed E-state index contributed by atoms with van der Waals surface area (Å²) < 4.78 is 20.8. The molecule has 2 aliphatic carbocycles. The van der Waals surface area contributed by atoms with Gasteiger partial charge in [0.25, 0.3) is 5.91 Å². The summed E-state index contributed by atoms with van der Waals surface area (Å²) in [5, 5.41) is 4.76. The molecule has 1 saturated carbocycles. The predicted octanol–water partition coefficient (Wildman–Crippen LogP) is 4.50. The van der Waals surface area contributed by atoms with Gasteiger partial charge in [-0.25, -0.2) is 13.9 Å². The lowest BCUT2D eigenvalue weighted by Gasteiger charge is -2.39. The van der Waals surface area contributed by atoms with Crippen molar-refractivity contribution < 1.29 is 18.7 Å². The van der Waals surface area contributed by atoms with Crippen LogP contribution in [0.4, 0.5) is 9.18 Å². The highest BCUT2D eigenvalue weighted by Crippen LogP contribution is 2.36. The van der Waals surface area contributed by atoms with Crippen LogP contribution in [0.2, 0.25) is 0 Å². The number of piperidine rings is 1. The number of carbonyl (C=O) groups is 2. The van der Waals surface area contributed by atoms with E-state index in [4.69, 9.17) is 9.84 Å². The maximum Gasteiger partial charge on any atom is 0.410 e. The van der Waals surface area contributed by atoms with Crippen LogP contribution in [0.25, 0.3) is 5.69 Å². The number of fused-ring (bicyclic) bond motifs is 1. The summed E-state index contributed by atoms with van der Waals surface area (Å²) >= 11 is 0. The van der Waals surface area contributed by atoms with Crippen LogP contribution in [-0.2, 0) is 17.6 Å². The second-order valence-electron chi connectivity index (χ2n) is 10.7. The van der Waals surface area contributed by atoms with E-state index in [9.17, 15) is 14.0 Å². The average Bonchev–Trinajstić information content (AvgIpc) is 3.37. The van der Waals surface area contributed by atoms with E-state index < -0.39 is 5.60 Å². The number of hydrogen-bond donors (Lipinski definition) is 0. The summed E-state index contributed by atoms with van der Waals surface area (Å²) in [5.74, 6) is -0.293. The molecule has 34 heavy (non-hydrogen) atoms. The number of likely N-dealkylation sites (tertiary alicyclic amines) is 1. The van der Waals surface area contributed by atoms with Crippen molar-refractivity contribution in [2.75, 3.05) is 13.1 Å². The molecule has 7 nitrogen and oxygen atoms in total. The number of ether oxygens (including phenoxy) is 1. The van der Waals surface area contributed by atoms with E-state index in [0.717, 1.165) is 61.9 Å². The number of halogens is 1. The summed E-state index contributed by atoms with van der Waals surface area (Å²) in [4.78, 5) is 30.1. The second kappa shape index (κ2) is 8.71. The fourth-order valence-electron chi connectivity index (χ4n) is 5.16. The van der Waals surface area contributed by atoms with Crippen molar-refractivity contribution in [2.45, 2.75) is 83.4 Å². The molecule has 1 aromatic heterocycles. The number of hydrogen-bond acceptors (Lipinski definition) is 4. The van der Waals surface area contributed by atoms with E-state index in [-0.39, 0.29) is 29.9 Å². The van der Waals surface area contributed by atoms with E-state index in [1.807, 2.05) is 30.4 Å². The first-order chi connectivity index (χ1) is 16.2. The number of carbonyl (C=O) groups excluding carboxylic acids is 2. The van der Waals surface area contributed by atoms with Gasteiger partial charge in [0.1, 0.15) is 11.4 Å². The minimum absolute atomic E-state index is 0.00257. The van der Waals surface area contributed by atoms with E-state index in [1.54, 1.807) is 17.0 Å². The predicted molar refractivity (Wildman–Crippen MR) is 126 cm³/mol. The topological polar surface area (TPSA) is 67.7 Å². The van der Waals surface area contributed by atoms with Crippen LogP contribution in [0.3, 0.4) is 0 Å². The second-order valence-corrected chi connectivity index (χ2v) is 10.7. The van der Waals surface area contributed by atoms with Crippen LogP contribution >= 0.6 is 0 Å². The fourth-order valence-corrected chi connectivity index (χ4v) is 5.16. The maximum atomic E-state index is 13.9. The van der Waals surface area contributed by atoms with Gasteiger partial charge in [-0.15, -0.1) is 0 Å². The molecule has 8 heteroatoms. The van der Waals surface area contributed by atoms with Gasteiger partial charge in [0, 0.05) is 36.4 Å². The summed E-state index contributed by atoms with van der Waals surface area (Å²) in [5.41, 5.74) is 2.89. The largest absolute Gasteiger partial charge is 0.444 e. The zero-order valence-electron chi connectivity index (χ0n) is 20.2. The van der Waals surface area contributed by atoms with Gasteiger partial charge in [-0.05, 0) is 90.0 Å². The molecule has 0 bridgehead atoms. The van der Waals surface area contributed by atoms with Crippen LogP contribution < -0.4 is 0 Å². The number of rotatable bonds is 4. The first-order valence-corrected chi connectivity index (χ1v) is 12.4. The summed E-state index contributed by atoms with van der Waals surface area (Å²) in [6, 6.07) is 6.61. The quantitative estimate of drug-likeness (QED) is 0.663. The lowest BCUT2D eigenvalue weighted by molar-refractivity contribution is 0.0141. The lowest BCUT2D eigenvalue weighted by Crippen LogP contribution is -2.50. The molecular formula is C26H33FN4O3. The van der Waals surface area contributed by atoms with Crippen LogP contribution in [0.15, 0.2) is 24.3 Å². The van der Waals surface area contributed by atoms with Gasteiger partial charge in [-0.1, -0.05) is 0 Å². The van der Waals surface area contributed by atoms with E-state index in [1.165, 1.54) is 12.1 Å². The first kappa shape index (κ1) is 22.9. The lowest BCUT2D eigenvalue weighted by atomic mass is 10.0. The van der Waals surface area contributed by atoms with E-state index in [2.05, 4.69) is 0 Å². The Balaban J connectivity index is 1.35. The Morgan fingerprint density at radius 1 is 1.03 bits per heavy atom. The zero-order chi connectivity index (χ0) is 24.0. The molecule has 2 amide bonds.